The topological polar surface area (TPSA) is 79.3 Å². The van der Waals surface area contributed by atoms with Gasteiger partial charge in [0.1, 0.15) is 4.88 Å². The molecule has 2 aromatic rings. The Bertz CT molecular complexity index is 638. The van der Waals surface area contributed by atoms with Crippen LogP contribution in [-0.2, 0) is 6.54 Å². The summed E-state index contributed by atoms with van der Waals surface area (Å²) in [6, 6.07) is 7.72. The average molecular weight is 355 g/mol. The van der Waals surface area contributed by atoms with Crippen molar-refractivity contribution in [1.29, 1.82) is 0 Å². The van der Waals surface area contributed by atoms with Crippen molar-refractivity contribution >= 4 is 44.2 Å². The molecule has 0 atom stereocenters. The minimum absolute atomic E-state index is 0.161. The van der Waals surface area contributed by atoms with E-state index in [9.17, 15) is 9.59 Å². The number of nitrogens with zero attached hydrogens (tertiary/aromatic N) is 1. The number of aromatic nitrogens is 1. The highest BCUT2D eigenvalue weighted by Gasteiger charge is 2.20. The van der Waals surface area contributed by atoms with Crippen LogP contribution in [-0.4, -0.2) is 21.8 Å². The predicted octanol–water partition coefficient (Wildman–Crippen LogP) is 3.42. The number of halogens is 1. The highest BCUT2D eigenvalue weighted by Crippen LogP contribution is 2.24. The fourth-order valence-electron chi connectivity index (χ4n) is 1.60. The van der Waals surface area contributed by atoms with Crippen LogP contribution in [0.4, 0.5) is 5.13 Å². The van der Waals surface area contributed by atoms with Gasteiger partial charge in [-0.3, -0.25) is 4.79 Å². The molecule has 20 heavy (non-hydrogen) atoms. The van der Waals surface area contributed by atoms with E-state index in [1.807, 2.05) is 24.3 Å². The SMILES string of the molecule is CC(=O)c1sc(NCc2cccc(Br)c2)nc1C(=O)O. The second-order valence-corrected chi connectivity index (χ2v) is 5.96. The van der Waals surface area contributed by atoms with Crippen LogP contribution in [0, 0.1) is 0 Å². The van der Waals surface area contributed by atoms with Gasteiger partial charge in [0.05, 0.1) is 0 Å². The first-order valence-corrected chi connectivity index (χ1v) is 7.31. The summed E-state index contributed by atoms with van der Waals surface area (Å²) in [6.45, 7) is 1.83. The molecule has 5 nitrogen and oxygen atoms in total. The third-order valence-electron chi connectivity index (χ3n) is 2.48. The summed E-state index contributed by atoms with van der Waals surface area (Å²) in [5.41, 5.74) is 0.829. The van der Waals surface area contributed by atoms with E-state index < -0.39 is 5.97 Å². The number of rotatable bonds is 5. The number of carboxylic acids is 1. The van der Waals surface area contributed by atoms with Crippen molar-refractivity contribution < 1.29 is 14.7 Å². The van der Waals surface area contributed by atoms with Gasteiger partial charge in [-0.05, 0) is 17.7 Å². The van der Waals surface area contributed by atoms with E-state index in [1.54, 1.807) is 0 Å². The zero-order valence-electron chi connectivity index (χ0n) is 10.5. The van der Waals surface area contributed by atoms with Crippen LogP contribution >= 0.6 is 27.3 Å². The van der Waals surface area contributed by atoms with Crippen molar-refractivity contribution in [2.75, 3.05) is 5.32 Å². The number of carbonyl (C=O) groups is 2. The van der Waals surface area contributed by atoms with Gasteiger partial charge < -0.3 is 10.4 Å². The second kappa shape index (κ2) is 6.15. The molecule has 0 saturated carbocycles. The van der Waals surface area contributed by atoms with Gasteiger partial charge in [-0.2, -0.15) is 0 Å². The van der Waals surface area contributed by atoms with E-state index in [0.717, 1.165) is 21.4 Å². The Morgan fingerprint density at radius 2 is 2.20 bits per heavy atom. The molecule has 0 bridgehead atoms. The lowest BCUT2D eigenvalue weighted by Crippen LogP contribution is -2.04. The molecule has 1 aromatic carbocycles. The molecular formula is C13H11BrN2O3S. The number of thiazole rings is 1. The number of Topliss-reactive ketones (excluding diaryl/α,β-unsaturated/α-hetero) is 1. The summed E-state index contributed by atoms with van der Waals surface area (Å²) < 4.78 is 0.964. The van der Waals surface area contributed by atoms with Crippen LogP contribution in [0.5, 0.6) is 0 Å². The molecular weight excluding hydrogens is 344 g/mol. The van der Waals surface area contributed by atoms with E-state index in [2.05, 4.69) is 26.2 Å². The highest BCUT2D eigenvalue weighted by molar-refractivity contribution is 9.10. The molecule has 0 radical (unpaired) electrons. The number of hydrogen-bond donors (Lipinski definition) is 2. The average Bonchev–Trinajstić information content (AvgIpc) is 2.81. The number of benzene rings is 1. The minimum atomic E-state index is -1.19. The number of carbonyl (C=O) groups excluding carboxylic acids is 1. The van der Waals surface area contributed by atoms with E-state index in [0.29, 0.717) is 11.7 Å². The largest absolute Gasteiger partial charge is 0.476 e. The molecule has 0 amide bonds. The molecule has 0 saturated heterocycles. The molecule has 2 N–H and O–H groups in total. The van der Waals surface area contributed by atoms with Gasteiger partial charge in [0.15, 0.2) is 16.6 Å². The van der Waals surface area contributed by atoms with Gasteiger partial charge >= 0.3 is 5.97 Å². The monoisotopic (exact) mass is 354 g/mol. The second-order valence-electron chi connectivity index (χ2n) is 4.04. The number of aromatic carboxylic acids is 1. The lowest BCUT2D eigenvalue weighted by atomic mass is 10.2. The zero-order chi connectivity index (χ0) is 14.7. The van der Waals surface area contributed by atoms with E-state index in [-0.39, 0.29) is 16.4 Å². The van der Waals surface area contributed by atoms with Gasteiger partial charge in [-0.25, -0.2) is 9.78 Å². The molecule has 7 heteroatoms. The molecule has 1 heterocycles. The molecule has 104 valence electrons. The summed E-state index contributed by atoms with van der Waals surface area (Å²) in [5.74, 6) is -1.49. The first-order chi connectivity index (χ1) is 9.47. The van der Waals surface area contributed by atoms with Crippen molar-refractivity contribution in [3.63, 3.8) is 0 Å². The van der Waals surface area contributed by atoms with Gasteiger partial charge in [-0.1, -0.05) is 39.4 Å². The van der Waals surface area contributed by atoms with E-state index >= 15 is 0 Å². The summed E-state index contributed by atoms with van der Waals surface area (Å²) >= 11 is 4.43. The fourth-order valence-corrected chi connectivity index (χ4v) is 2.90. The normalized spacial score (nSPS) is 10.3. The summed E-state index contributed by atoms with van der Waals surface area (Å²) in [4.78, 5) is 26.5. The van der Waals surface area contributed by atoms with Crippen molar-refractivity contribution in [3.8, 4) is 0 Å². The summed E-state index contributed by atoms with van der Waals surface area (Å²) in [5, 5.41) is 12.5. The molecule has 0 fully saturated rings. The quantitative estimate of drug-likeness (QED) is 0.804. The maximum absolute atomic E-state index is 11.4. The molecule has 0 spiro atoms. The lowest BCUT2D eigenvalue weighted by Gasteiger charge is -2.02. The molecule has 0 aliphatic rings. The van der Waals surface area contributed by atoms with Gasteiger partial charge in [0.2, 0.25) is 0 Å². The van der Waals surface area contributed by atoms with Crippen LogP contribution in [0.15, 0.2) is 28.7 Å². The number of ketones is 1. The highest BCUT2D eigenvalue weighted by atomic mass is 79.9. The Kier molecular flexibility index (Phi) is 4.51. The Hall–Kier alpha value is -1.73. The smallest absolute Gasteiger partial charge is 0.356 e. The number of nitrogens with one attached hydrogen (secondary N) is 1. The van der Waals surface area contributed by atoms with Crippen LogP contribution in [0.3, 0.4) is 0 Å². The first kappa shape index (κ1) is 14.7. The standard InChI is InChI=1S/C13H11BrN2O3S/c1-7(17)11-10(12(18)19)16-13(20-11)15-6-8-3-2-4-9(14)5-8/h2-5H,6H2,1H3,(H,15,16)(H,18,19). The van der Waals surface area contributed by atoms with E-state index in [1.165, 1.54) is 6.92 Å². The third-order valence-corrected chi connectivity index (χ3v) is 4.09. The van der Waals surface area contributed by atoms with Crippen LogP contribution in [0.2, 0.25) is 0 Å². The van der Waals surface area contributed by atoms with Crippen LogP contribution in [0.1, 0.15) is 32.6 Å². The molecule has 2 rings (SSSR count). The van der Waals surface area contributed by atoms with Crippen molar-refractivity contribution in [3.05, 3.63) is 44.9 Å². The minimum Gasteiger partial charge on any atom is -0.476 e. The lowest BCUT2D eigenvalue weighted by molar-refractivity contribution is 0.0687. The van der Waals surface area contributed by atoms with Gasteiger partial charge in [0, 0.05) is 17.9 Å². The molecule has 1 aromatic heterocycles. The molecule has 0 aliphatic carbocycles. The van der Waals surface area contributed by atoms with Gasteiger partial charge in [0.25, 0.3) is 0 Å². The van der Waals surface area contributed by atoms with E-state index in [4.69, 9.17) is 5.11 Å². The Balaban J connectivity index is 2.16. The van der Waals surface area contributed by atoms with Crippen LogP contribution < -0.4 is 5.32 Å². The summed E-state index contributed by atoms with van der Waals surface area (Å²) in [7, 11) is 0. The van der Waals surface area contributed by atoms with Crippen LogP contribution in [0.25, 0.3) is 0 Å². The first-order valence-electron chi connectivity index (χ1n) is 5.70. The maximum Gasteiger partial charge on any atom is 0.356 e. The number of hydrogen-bond acceptors (Lipinski definition) is 5. The van der Waals surface area contributed by atoms with Gasteiger partial charge in [-0.15, -0.1) is 0 Å². The Labute approximate surface area is 127 Å². The maximum atomic E-state index is 11.4. The summed E-state index contributed by atoms with van der Waals surface area (Å²) in [6.07, 6.45) is 0. The Morgan fingerprint density at radius 3 is 2.75 bits per heavy atom. The Morgan fingerprint density at radius 1 is 1.45 bits per heavy atom. The number of carboxylic acid groups (broad SMARTS) is 1. The molecule has 0 unspecified atom stereocenters. The zero-order valence-corrected chi connectivity index (χ0v) is 12.9. The fraction of sp³-hybridized carbons (Fsp3) is 0.154. The van der Waals surface area contributed by atoms with Crippen molar-refractivity contribution in [2.45, 2.75) is 13.5 Å². The van der Waals surface area contributed by atoms with Crippen molar-refractivity contribution in [2.24, 2.45) is 0 Å². The molecule has 0 aliphatic heterocycles. The third kappa shape index (κ3) is 3.43. The van der Waals surface area contributed by atoms with Crippen molar-refractivity contribution in [1.82, 2.24) is 4.98 Å². The number of anilines is 1. The predicted molar refractivity (Wildman–Crippen MR) is 80.5 cm³/mol.